The first-order valence-electron chi connectivity index (χ1n) is 8.93. The van der Waals surface area contributed by atoms with Gasteiger partial charge in [0.15, 0.2) is 5.96 Å². The molecule has 0 saturated carbocycles. The number of guanidine groups is 1. The third-order valence-electron chi connectivity index (χ3n) is 4.46. The van der Waals surface area contributed by atoms with Gasteiger partial charge in [-0.25, -0.2) is 4.98 Å². The molecule has 1 aliphatic heterocycles. The first-order chi connectivity index (χ1) is 12.3. The molecular formula is C19H27N5S. The zero-order valence-electron chi connectivity index (χ0n) is 15.1. The maximum absolute atomic E-state index is 4.61. The van der Waals surface area contributed by atoms with Gasteiger partial charge in [-0.3, -0.25) is 9.89 Å². The summed E-state index contributed by atoms with van der Waals surface area (Å²) in [6, 6.07) is 10.7. The van der Waals surface area contributed by atoms with E-state index in [1.54, 1.807) is 11.3 Å². The highest BCUT2D eigenvalue weighted by Gasteiger charge is 2.19. The van der Waals surface area contributed by atoms with Crippen LogP contribution < -0.4 is 5.32 Å². The van der Waals surface area contributed by atoms with Gasteiger partial charge in [-0.05, 0) is 12.0 Å². The number of hydrogen-bond acceptors (Lipinski definition) is 4. The van der Waals surface area contributed by atoms with Crippen molar-refractivity contribution in [2.75, 3.05) is 33.2 Å². The minimum absolute atomic E-state index is 0.743. The van der Waals surface area contributed by atoms with Gasteiger partial charge < -0.3 is 10.2 Å². The van der Waals surface area contributed by atoms with Crippen molar-refractivity contribution >= 4 is 17.3 Å². The molecule has 0 aliphatic carbocycles. The number of aromatic nitrogens is 1. The highest BCUT2D eigenvalue weighted by Crippen LogP contribution is 2.11. The van der Waals surface area contributed by atoms with E-state index in [9.17, 15) is 0 Å². The summed E-state index contributed by atoms with van der Waals surface area (Å²) in [6.45, 7) is 8.04. The molecule has 1 aliphatic rings. The zero-order valence-corrected chi connectivity index (χ0v) is 15.9. The maximum atomic E-state index is 4.61. The molecule has 6 heteroatoms. The van der Waals surface area contributed by atoms with E-state index in [0.29, 0.717) is 0 Å². The largest absolute Gasteiger partial charge is 0.351 e. The van der Waals surface area contributed by atoms with Gasteiger partial charge in [-0.1, -0.05) is 37.3 Å². The van der Waals surface area contributed by atoms with Crippen LogP contribution in [-0.4, -0.2) is 54.0 Å². The lowest BCUT2D eigenvalue weighted by Crippen LogP contribution is -2.52. The fraction of sp³-hybridized carbons (Fsp3) is 0.474. The number of piperazine rings is 1. The van der Waals surface area contributed by atoms with E-state index < -0.39 is 0 Å². The Bertz CT molecular complexity index is 674. The van der Waals surface area contributed by atoms with Crippen molar-refractivity contribution in [1.82, 2.24) is 20.1 Å². The van der Waals surface area contributed by atoms with E-state index in [-0.39, 0.29) is 0 Å². The molecule has 2 heterocycles. The van der Waals surface area contributed by atoms with Crippen molar-refractivity contribution in [3.8, 4) is 0 Å². The molecule has 0 bridgehead atoms. The van der Waals surface area contributed by atoms with Gasteiger partial charge in [-0.2, -0.15) is 0 Å². The van der Waals surface area contributed by atoms with Crippen molar-refractivity contribution in [3.05, 3.63) is 52.0 Å². The van der Waals surface area contributed by atoms with E-state index in [1.807, 2.05) is 7.05 Å². The highest BCUT2D eigenvalue weighted by atomic mass is 32.1. The number of nitrogens with one attached hydrogen (secondary N) is 1. The van der Waals surface area contributed by atoms with E-state index in [4.69, 9.17) is 0 Å². The van der Waals surface area contributed by atoms with Crippen molar-refractivity contribution in [3.63, 3.8) is 0 Å². The van der Waals surface area contributed by atoms with Crippen LogP contribution in [0.4, 0.5) is 0 Å². The van der Waals surface area contributed by atoms with E-state index in [0.717, 1.165) is 57.3 Å². The lowest BCUT2D eigenvalue weighted by molar-refractivity contribution is 0.172. The summed E-state index contributed by atoms with van der Waals surface area (Å²) >= 11 is 1.73. The quantitative estimate of drug-likeness (QED) is 0.660. The Kier molecular flexibility index (Phi) is 6.42. The van der Waals surface area contributed by atoms with E-state index in [2.05, 4.69) is 67.7 Å². The number of rotatable bonds is 5. The van der Waals surface area contributed by atoms with Crippen molar-refractivity contribution in [1.29, 1.82) is 0 Å². The second-order valence-electron chi connectivity index (χ2n) is 6.24. The number of benzene rings is 1. The Morgan fingerprint density at radius 1 is 1.20 bits per heavy atom. The van der Waals surface area contributed by atoms with Crippen LogP contribution in [0.3, 0.4) is 0 Å². The molecule has 1 fully saturated rings. The van der Waals surface area contributed by atoms with Crippen LogP contribution in [0.5, 0.6) is 0 Å². The molecule has 1 aromatic heterocycles. The molecule has 0 radical (unpaired) electrons. The SMILES string of the molecule is CCc1nc(CNC(=NC)N2CCN(Cc3ccccc3)CC2)cs1. The Morgan fingerprint density at radius 2 is 1.96 bits per heavy atom. The topological polar surface area (TPSA) is 43.8 Å². The van der Waals surface area contributed by atoms with Crippen LogP contribution in [0.15, 0.2) is 40.7 Å². The number of thiazole rings is 1. The van der Waals surface area contributed by atoms with Crippen LogP contribution in [0.2, 0.25) is 0 Å². The number of aliphatic imine (C=N–C) groups is 1. The molecule has 25 heavy (non-hydrogen) atoms. The van der Waals surface area contributed by atoms with Gasteiger partial charge >= 0.3 is 0 Å². The first kappa shape index (κ1) is 17.9. The van der Waals surface area contributed by atoms with Crippen molar-refractivity contribution in [2.24, 2.45) is 4.99 Å². The van der Waals surface area contributed by atoms with Gasteiger partial charge in [0.2, 0.25) is 0 Å². The number of aryl methyl sites for hydroxylation is 1. The summed E-state index contributed by atoms with van der Waals surface area (Å²) in [5.41, 5.74) is 2.49. The summed E-state index contributed by atoms with van der Waals surface area (Å²) in [5.74, 6) is 0.977. The first-order valence-corrected chi connectivity index (χ1v) is 9.81. The summed E-state index contributed by atoms with van der Waals surface area (Å²) < 4.78 is 0. The Morgan fingerprint density at radius 3 is 2.60 bits per heavy atom. The number of nitrogens with zero attached hydrogens (tertiary/aromatic N) is 4. The average molecular weight is 358 g/mol. The molecule has 0 atom stereocenters. The second-order valence-corrected chi connectivity index (χ2v) is 7.18. The molecule has 2 aromatic rings. The predicted molar refractivity (Wildman–Crippen MR) is 105 cm³/mol. The van der Waals surface area contributed by atoms with Crippen molar-refractivity contribution < 1.29 is 0 Å². The molecule has 0 unspecified atom stereocenters. The molecule has 1 N–H and O–H groups in total. The highest BCUT2D eigenvalue weighted by molar-refractivity contribution is 7.09. The molecule has 1 aromatic carbocycles. The Hall–Kier alpha value is -1.92. The third kappa shape index (κ3) is 5.03. The van der Waals surface area contributed by atoms with Gasteiger partial charge in [0.1, 0.15) is 0 Å². The zero-order chi connectivity index (χ0) is 17.5. The minimum Gasteiger partial charge on any atom is -0.351 e. The standard InChI is InChI=1S/C19H27N5S/c1-3-18-22-17(15-25-18)13-21-19(20-2)24-11-9-23(10-12-24)14-16-7-5-4-6-8-16/h4-8,15H,3,9-14H2,1-2H3,(H,20,21). The molecule has 0 spiro atoms. The van der Waals surface area contributed by atoms with Crippen LogP contribution in [-0.2, 0) is 19.5 Å². The summed E-state index contributed by atoms with van der Waals surface area (Å²) in [7, 11) is 1.86. The van der Waals surface area contributed by atoms with Gasteiger partial charge in [-0.15, -0.1) is 11.3 Å². The van der Waals surface area contributed by atoms with Crippen LogP contribution in [0, 0.1) is 0 Å². The third-order valence-corrected chi connectivity index (χ3v) is 5.50. The average Bonchev–Trinajstić information content (AvgIpc) is 3.12. The Balaban J connectivity index is 1.47. The number of hydrogen-bond donors (Lipinski definition) is 1. The van der Waals surface area contributed by atoms with Gasteiger partial charge in [0, 0.05) is 45.2 Å². The molecule has 1 saturated heterocycles. The summed E-state index contributed by atoms with van der Waals surface area (Å²) in [6.07, 6.45) is 1.00. The second kappa shape index (κ2) is 8.97. The minimum atomic E-state index is 0.743. The monoisotopic (exact) mass is 357 g/mol. The van der Waals surface area contributed by atoms with Crippen LogP contribution in [0.25, 0.3) is 0 Å². The van der Waals surface area contributed by atoms with Crippen molar-refractivity contribution in [2.45, 2.75) is 26.4 Å². The maximum Gasteiger partial charge on any atom is 0.194 e. The Labute approximate surface area is 154 Å². The van der Waals surface area contributed by atoms with E-state index in [1.165, 1.54) is 10.6 Å². The molecule has 5 nitrogen and oxygen atoms in total. The normalized spacial score (nSPS) is 16.2. The van der Waals surface area contributed by atoms with Crippen LogP contribution in [0.1, 0.15) is 23.2 Å². The van der Waals surface area contributed by atoms with Crippen LogP contribution >= 0.6 is 11.3 Å². The molecular weight excluding hydrogens is 330 g/mol. The fourth-order valence-electron chi connectivity index (χ4n) is 3.05. The fourth-order valence-corrected chi connectivity index (χ4v) is 3.80. The lowest BCUT2D eigenvalue weighted by atomic mass is 10.2. The molecule has 0 amide bonds. The van der Waals surface area contributed by atoms with E-state index >= 15 is 0 Å². The summed E-state index contributed by atoms with van der Waals surface area (Å²) in [5, 5.41) is 6.79. The lowest BCUT2D eigenvalue weighted by Gasteiger charge is -2.36. The molecule has 3 rings (SSSR count). The summed E-state index contributed by atoms with van der Waals surface area (Å²) in [4.78, 5) is 13.9. The van der Waals surface area contributed by atoms with Gasteiger partial charge in [0.05, 0.1) is 17.2 Å². The predicted octanol–water partition coefficient (Wildman–Crippen LogP) is 2.60. The molecule has 134 valence electrons. The smallest absolute Gasteiger partial charge is 0.194 e. The van der Waals surface area contributed by atoms with Gasteiger partial charge in [0.25, 0.3) is 0 Å².